The van der Waals surface area contributed by atoms with Crippen LogP contribution in [0.1, 0.15) is 31.4 Å². The molecule has 2 rings (SSSR count). The standard InChI is InChI=1S/C16H23NO2/c1-4-5-6-7-17-11-14-10-16-13(8-12(2)19-16)9-15(14)18-3/h4-5,9-10,12,17H,6-8,11H2,1-3H3/b5-4+. The maximum Gasteiger partial charge on any atom is 0.123 e. The minimum absolute atomic E-state index is 0.276. The molecule has 1 aromatic carbocycles. The molecule has 1 aliphatic heterocycles. The molecular weight excluding hydrogens is 238 g/mol. The maximum absolute atomic E-state index is 5.80. The molecule has 1 atom stereocenters. The van der Waals surface area contributed by atoms with Crippen molar-refractivity contribution in [1.82, 2.24) is 5.32 Å². The van der Waals surface area contributed by atoms with Crippen LogP contribution in [-0.4, -0.2) is 19.8 Å². The lowest BCUT2D eigenvalue weighted by Crippen LogP contribution is -2.14. The van der Waals surface area contributed by atoms with Crippen LogP contribution in [0, 0.1) is 0 Å². The van der Waals surface area contributed by atoms with Gasteiger partial charge in [-0.15, -0.1) is 0 Å². The number of hydrogen-bond donors (Lipinski definition) is 1. The molecule has 0 saturated heterocycles. The molecule has 0 saturated carbocycles. The van der Waals surface area contributed by atoms with E-state index >= 15 is 0 Å². The van der Waals surface area contributed by atoms with Gasteiger partial charge in [0.15, 0.2) is 0 Å². The zero-order valence-electron chi connectivity index (χ0n) is 12.0. The van der Waals surface area contributed by atoms with E-state index in [1.165, 1.54) is 5.56 Å². The van der Waals surface area contributed by atoms with Crippen molar-refractivity contribution >= 4 is 0 Å². The van der Waals surface area contributed by atoms with Gasteiger partial charge >= 0.3 is 0 Å². The van der Waals surface area contributed by atoms with E-state index in [1.807, 2.05) is 6.92 Å². The highest BCUT2D eigenvalue weighted by atomic mass is 16.5. The molecule has 0 fully saturated rings. The molecule has 1 aromatic rings. The van der Waals surface area contributed by atoms with Crippen molar-refractivity contribution in [2.75, 3.05) is 13.7 Å². The lowest BCUT2D eigenvalue weighted by molar-refractivity contribution is 0.254. The summed E-state index contributed by atoms with van der Waals surface area (Å²) in [6, 6.07) is 4.22. The molecule has 3 heteroatoms. The summed E-state index contributed by atoms with van der Waals surface area (Å²) in [6.07, 6.45) is 6.54. The van der Waals surface area contributed by atoms with E-state index in [0.717, 1.165) is 43.0 Å². The first-order valence-electron chi connectivity index (χ1n) is 6.93. The van der Waals surface area contributed by atoms with Gasteiger partial charge in [0, 0.05) is 24.1 Å². The van der Waals surface area contributed by atoms with Gasteiger partial charge in [0.05, 0.1) is 7.11 Å². The number of allylic oxidation sites excluding steroid dienone is 1. The van der Waals surface area contributed by atoms with Gasteiger partial charge in [-0.2, -0.15) is 0 Å². The Morgan fingerprint density at radius 3 is 3.05 bits per heavy atom. The monoisotopic (exact) mass is 261 g/mol. The highest BCUT2D eigenvalue weighted by molar-refractivity contribution is 5.48. The van der Waals surface area contributed by atoms with Gasteiger partial charge < -0.3 is 14.8 Å². The largest absolute Gasteiger partial charge is 0.496 e. The average molecular weight is 261 g/mol. The highest BCUT2D eigenvalue weighted by Crippen LogP contribution is 2.34. The topological polar surface area (TPSA) is 30.5 Å². The Balaban J connectivity index is 2.01. The van der Waals surface area contributed by atoms with Crippen LogP contribution >= 0.6 is 0 Å². The van der Waals surface area contributed by atoms with E-state index in [2.05, 4.69) is 36.5 Å². The fraction of sp³-hybridized carbons (Fsp3) is 0.500. The Labute approximate surface area is 115 Å². The second kappa shape index (κ2) is 6.62. The number of hydrogen-bond acceptors (Lipinski definition) is 3. The van der Waals surface area contributed by atoms with Gasteiger partial charge in [0.1, 0.15) is 17.6 Å². The zero-order chi connectivity index (χ0) is 13.7. The minimum atomic E-state index is 0.276. The summed E-state index contributed by atoms with van der Waals surface area (Å²) in [6.45, 7) is 5.93. The first kappa shape index (κ1) is 13.9. The van der Waals surface area contributed by atoms with Crippen LogP contribution in [0.4, 0.5) is 0 Å². The number of ether oxygens (including phenoxy) is 2. The summed E-state index contributed by atoms with van der Waals surface area (Å²) >= 11 is 0. The normalized spacial score (nSPS) is 17.5. The first-order valence-corrected chi connectivity index (χ1v) is 6.93. The van der Waals surface area contributed by atoms with Crippen LogP contribution in [0.2, 0.25) is 0 Å². The lowest BCUT2D eigenvalue weighted by Gasteiger charge is -2.11. The van der Waals surface area contributed by atoms with E-state index in [4.69, 9.17) is 9.47 Å². The van der Waals surface area contributed by atoms with Crippen LogP contribution in [0.15, 0.2) is 24.3 Å². The molecule has 0 spiro atoms. The number of methoxy groups -OCH3 is 1. The molecule has 1 N–H and O–H groups in total. The summed E-state index contributed by atoms with van der Waals surface area (Å²) < 4.78 is 11.3. The highest BCUT2D eigenvalue weighted by Gasteiger charge is 2.21. The number of benzene rings is 1. The quantitative estimate of drug-likeness (QED) is 0.630. The molecule has 0 bridgehead atoms. The molecule has 19 heavy (non-hydrogen) atoms. The third kappa shape index (κ3) is 3.51. The number of rotatable bonds is 6. The SMILES string of the molecule is C/C=C/CCNCc1cc2c(cc1OC)CC(C)O2. The number of fused-ring (bicyclic) bond motifs is 1. The molecule has 0 aromatic heterocycles. The van der Waals surface area contributed by atoms with Gasteiger partial charge in [-0.1, -0.05) is 12.2 Å². The van der Waals surface area contributed by atoms with E-state index in [1.54, 1.807) is 7.11 Å². The lowest BCUT2D eigenvalue weighted by atomic mass is 10.1. The first-order chi connectivity index (χ1) is 9.24. The fourth-order valence-electron chi connectivity index (χ4n) is 2.38. The van der Waals surface area contributed by atoms with Crippen LogP contribution in [-0.2, 0) is 13.0 Å². The van der Waals surface area contributed by atoms with Gasteiger partial charge in [0.25, 0.3) is 0 Å². The Kier molecular flexibility index (Phi) is 4.86. The van der Waals surface area contributed by atoms with Crippen molar-refractivity contribution in [2.24, 2.45) is 0 Å². The van der Waals surface area contributed by atoms with Crippen molar-refractivity contribution in [3.8, 4) is 11.5 Å². The number of nitrogens with one attached hydrogen (secondary N) is 1. The average Bonchev–Trinajstić information content (AvgIpc) is 2.76. The van der Waals surface area contributed by atoms with Crippen LogP contribution in [0.5, 0.6) is 11.5 Å². The van der Waals surface area contributed by atoms with Crippen LogP contribution in [0.3, 0.4) is 0 Å². The zero-order valence-corrected chi connectivity index (χ0v) is 12.0. The van der Waals surface area contributed by atoms with Crippen molar-refractivity contribution in [1.29, 1.82) is 0 Å². The molecule has 0 radical (unpaired) electrons. The van der Waals surface area contributed by atoms with E-state index in [9.17, 15) is 0 Å². The maximum atomic E-state index is 5.80. The molecule has 0 amide bonds. The van der Waals surface area contributed by atoms with Crippen molar-refractivity contribution < 1.29 is 9.47 Å². The summed E-state index contributed by atoms with van der Waals surface area (Å²) in [7, 11) is 1.73. The molecule has 104 valence electrons. The van der Waals surface area contributed by atoms with Crippen LogP contribution in [0.25, 0.3) is 0 Å². The van der Waals surface area contributed by atoms with Crippen molar-refractivity contribution in [2.45, 2.75) is 39.3 Å². The Morgan fingerprint density at radius 2 is 2.32 bits per heavy atom. The molecule has 1 aliphatic rings. The third-order valence-corrected chi connectivity index (χ3v) is 3.34. The fourth-order valence-corrected chi connectivity index (χ4v) is 2.38. The minimum Gasteiger partial charge on any atom is -0.496 e. The van der Waals surface area contributed by atoms with E-state index in [-0.39, 0.29) is 6.10 Å². The van der Waals surface area contributed by atoms with Gasteiger partial charge in [0.2, 0.25) is 0 Å². The molecular formula is C16H23NO2. The van der Waals surface area contributed by atoms with Crippen molar-refractivity contribution in [3.05, 3.63) is 35.4 Å². The predicted octanol–water partition coefficient (Wildman–Crippen LogP) is 3.07. The smallest absolute Gasteiger partial charge is 0.123 e. The Bertz CT molecular complexity index is 454. The van der Waals surface area contributed by atoms with E-state index < -0.39 is 0 Å². The van der Waals surface area contributed by atoms with Gasteiger partial charge in [-0.25, -0.2) is 0 Å². The second-order valence-corrected chi connectivity index (χ2v) is 4.94. The summed E-state index contributed by atoms with van der Waals surface area (Å²) in [5.41, 5.74) is 2.41. The van der Waals surface area contributed by atoms with Crippen LogP contribution < -0.4 is 14.8 Å². The molecule has 1 heterocycles. The van der Waals surface area contributed by atoms with Crippen molar-refractivity contribution in [3.63, 3.8) is 0 Å². The summed E-state index contributed by atoms with van der Waals surface area (Å²) in [5, 5.41) is 3.43. The van der Waals surface area contributed by atoms with Gasteiger partial charge in [-0.05, 0) is 38.9 Å². The summed E-state index contributed by atoms with van der Waals surface area (Å²) in [5.74, 6) is 1.97. The Hall–Kier alpha value is -1.48. The Morgan fingerprint density at radius 1 is 1.47 bits per heavy atom. The molecule has 1 unspecified atom stereocenters. The second-order valence-electron chi connectivity index (χ2n) is 4.94. The molecule has 3 nitrogen and oxygen atoms in total. The molecule has 0 aliphatic carbocycles. The third-order valence-electron chi connectivity index (χ3n) is 3.34. The van der Waals surface area contributed by atoms with E-state index in [0.29, 0.717) is 0 Å². The van der Waals surface area contributed by atoms with Gasteiger partial charge in [-0.3, -0.25) is 0 Å². The summed E-state index contributed by atoms with van der Waals surface area (Å²) in [4.78, 5) is 0. The predicted molar refractivity (Wildman–Crippen MR) is 77.9 cm³/mol.